The average molecular weight is 343 g/mol. The van der Waals surface area contributed by atoms with Gasteiger partial charge in [0.25, 0.3) is 5.69 Å². The lowest BCUT2D eigenvalue weighted by Gasteiger charge is -2.16. The molecule has 0 bridgehead atoms. The first-order valence-corrected chi connectivity index (χ1v) is 6.98. The van der Waals surface area contributed by atoms with Crippen LogP contribution in [-0.2, 0) is 4.74 Å². The van der Waals surface area contributed by atoms with Gasteiger partial charge in [0.05, 0.1) is 9.95 Å². The highest BCUT2D eigenvalue weighted by molar-refractivity contribution is 6.34. The summed E-state index contributed by atoms with van der Waals surface area (Å²) in [7, 11) is 1.47. The number of ether oxygens (including phenoxy) is 2. The molecule has 1 heterocycles. The van der Waals surface area contributed by atoms with E-state index in [1.165, 1.54) is 31.5 Å². The number of rotatable bonds is 5. The molecular formula is C14H12Cl2N2O4. The molecule has 2 rings (SSSR count). The summed E-state index contributed by atoms with van der Waals surface area (Å²) in [6, 6.07) is 5.94. The number of hydrogen-bond donors (Lipinski definition) is 0. The van der Waals surface area contributed by atoms with E-state index in [4.69, 9.17) is 32.7 Å². The first-order chi connectivity index (χ1) is 10.4. The van der Waals surface area contributed by atoms with Crippen molar-refractivity contribution in [3.05, 3.63) is 50.8 Å². The Balaban J connectivity index is 2.69. The van der Waals surface area contributed by atoms with Gasteiger partial charge in [0.1, 0.15) is 16.5 Å². The van der Waals surface area contributed by atoms with Crippen molar-refractivity contribution < 1.29 is 14.4 Å². The van der Waals surface area contributed by atoms with Crippen LogP contribution >= 0.6 is 23.2 Å². The van der Waals surface area contributed by atoms with E-state index in [1.54, 1.807) is 13.0 Å². The van der Waals surface area contributed by atoms with Crippen LogP contribution in [0.5, 0.6) is 5.75 Å². The van der Waals surface area contributed by atoms with Gasteiger partial charge >= 0.3 is 0 Å². The van der Waals surface area contributed by atoms with E-state index in [0.717, 1.165) is 0 Å². The summed E-state index contributed by atoms with van der Waals surface area (Å²) >= 11 is 12.0. The summed E-state index contributed by atoms with van der Waals surface area (Å²) in [4.78, 5) is 14.7. The van der Waals surface area contributed by atoms with E-state index in [-0.39, 0.29) is 27.2 Å². The molecule has 22 heavy (non-hydrogen) atoms. The minimum absolute atomic E-state index is 0.148. The average Bonchev–Trinajstić information content (AvgIpc) is 2.49. The Labute approximate surface area is 136 Å². The fourth-order valence-corrected chi connectivity index (χ4v) is 2.23. The molecule has 0 saturated heterocycles. The number of pyridine rings is 1. The molecule has 0 N–H and O–H groups in total. The molecular weight excluding hydrogens is 331 g/mol. The quantitative estimate of drug-likeness (QED) is 0.349. The van der Waals surface area contributed by atoms with E-state index in [2.05, 4.69) is 4.98 Å². The molecule has 0 aliphatic heterocycles. The molecule has 0 spiro atoms. The number of nitro benzene ring substituents is 1. The summed E-state index contributed by atoms with van der Waals surface area (Å²) < 4.78 is 10.6. The molecule has 2 aromatic rings. The molecule has 1 aromatic heterocycles. The first kappa shape index (κ1) is 16.5. The molecule has 8 heteroatoms. The highest BCUT2D eigenvalue weighted by Crippen LogP contribution is 2.42. The van der Waals surface area contributed by atoms with Crippen molar-refractivity contribution in [2.75, 3.05) is 7.11 Å². The number of hydrogen-bond acceptors (Lipinski definition) is 5. The maximum atomic E-state index is 11.3. The normalized spacial score (nSPS) is 12.0. The number of halogens is 2. The van der Waals surface area contributed by atoms with Gasteiger partial charge in [-0.15, -0.1) is 0 Å². The van der Waals surface area contributed by atoms with Crippen molar-refractivity contribution in [1.29, 1.82) is 0 Å². The summed E-state index contributed by atoms with van der Waals surface area (Å²) in [6.07, 6.45) is 0.747. The molecule has 1 atom stereocenters. The molecule has 0 radical (unpaired) electrons. The second-order valence-corrected chi connectivity index (χ2v) is 5.11. The Morgan fingerprint density at radius 3 is 2.73 bits per heavy atom. The lowest BCUT2D eigenvalue weighted by atomic mass is 10.0. The van der Waals surface area contributed by atoms with E-state index in [1.807, 2.05) is 0 Å². The summed E-state index contributed by atoms with van der Waals surface area (Å²) in [5.74, 6) is 0.271. The Morgan fingerprint density at radius 1 is 1.36 bits per heavy atom. The van der Waals surface area contributed by atoms with Crippen LogP contribution in [0.25, 0.3) is 11.1 Å². The minimum atomic E-state index is -0.586. The lowest BCUT2D eigenvalue weighted by Crippen LogP contribution is -2.14. The molecule has 0 aliphatic rings. The van der Waals surface area contributed by atoms with Gasteiger partial charge in [-0.25, -0.2) is 4.98 Å². The van der Waals surface area contributed by atoms with Crippen LogP contribution in [0.2, 0.25) is 10.2 Å². The number of aromatic nitrogens is 1. The van der Waals surface area contributed by atoms with Gasteiger partial charge in [0.2, 0.25) is 0 Å². The predicted molar refractivity (Wildman–Crippen MR) is 83.4 cm³/mol. The molecule has 1 aromatic carbocycles. The van der Waals surface area contributed by atoms with Crippen molar-refractivity contribution in [3.8, 4) is 16.9 Å². The third-order valence-electron chi connectivity index (χ3n) is 2.92. The van der Waals surface area contributed by atoms with Gasteiger partial charge in [-0.1, -0.05) is 29.3 Å². The van der Waals surface area contributed by atoms with Gasteiger partial charge in [-0.05, 0) is 19.1 Å². The zero-order valence-corrected chi connectivity index (χ0v) is 13.3. The number of nitro groups is 1. The summed E-state index contributed by atoms with van der Waals surface area (Å²) in [6.45, 7) is 1.67. The SMILES string of the molecule is COC(C)Oc1cccc([N+](=O)[O-])c1-c1cc(Cl)ncc1Cl. The van der Waals surface area contributed by atoms with Crippen molar-refractivity contribution in [2.24, 2.45) is 0 Å². The van der Waals surface area contributed by atoms with Gasteiger partial charge in [-0.2, -0.15) is 0 Å². The van der Waals surface area contributed by atoms with Crippen LogP contribution < -0.4 is 4.74 Å². The van der Waals surface area contributed by atoms with Gasteiger partial charge < -0.3 is 9.47 Å². The molecule has 0 saturated carbocycles. The van der Waals surface area contributed by atoms with Gasteiger partial charge in [0.15, 0.2) is 6.29 Å². The fraction of sp³-hybridized carbons (Fsp3) is 0.214. The van der Waals surface area contributed by atoms with E-state index in [9.17, 15) is 10.1 Å². The number of methoxy groups -OCH3 is 1. The van der Waals surface area contributed by atoms with Crippen LogP contribution in [0.3, 0.4) is 0 Å². The van der Waals surface area contributed by atoms with Crippen molar-refractivity contribution in [3.63, 3.8) is 0 Å². The van der Waals surface area contributed by atoms with Crippen molar-refractivity contribution >= 4 is 28.9 Å². The Morgan fingerprint density at radius 2 is 2.09 bits per heavy atom. The minimum Gasteiger partial charge on any atom is -0.464 e. The second-order valence-electron chi connectivity index (χ2n) is 4.32. The number of benzene rings is 1. The van der Waals surface area contributed by atoms with Crippen LogP contribution in [0.15, 0.2) is 30.5 Å². The van der Waals surface area contributed by atoms with Gasteiger partial charge in [-0.3, -0.25) is 10.1 Å². The predicted octanol–water partition coefficient (Wildman–Crippen LogP) is 4.33. The molecule has 6 nitrogen and oxygen atoms in total. The Hall–Kier alpha value is -1.89. The maximum absolute atomic E-state index is 11.3. The van der Waals surface area contributed by atoms with Crippen LogP contribution in [-0.4, -0.2) is 23.3 Å². The van der Waals surface area contributed by atoms with Crippen molar-refractivity contribution in [2.45, 2.75) is 13.2 Å². The first-order valence-electron chi connectivity index (χ1n) is 6.22. The van der Waals surface area contributed by atoms with Crippen LogP contribution in [0, 0.1) is 10.1 Å². The Kier molecular flexibility index (Phi) is 5.18. The lowest BCUT2D eigenvalue weighted by molar-refractivity contribution is -0.384. The smallest absolute Gasteiger partial charge is 0.280 e. The molecule has 116 valence electrons. The standard InChI is InChI=1S/C14H12Cl2N2O4/c1-8(21-2)22-12-5-3-4-11(18(19)20)14(12)9-6-13(16)17-7-10(9)15/h3-8H,1-2H3. The zero-order chi connectivity index (χ0) is 16.3. The summed E-state index contributed by atoms with van der Waals surface area (Å²) in [5, 5.41) is 11.7. The molecule has 1 unspecified atom stereocenters. The van der Waals surface area contributed by atoms with Crippen molar-refractivity contribution in [1.82, 2.24) is 4.98 Å². The van der Waals surface area contributed by atoms with Gasteiger partial charge in [0, 0.05) is 24.9 Å². The topological polar surface area (TPSA) is 74.5 Å². The monoisotopic (exact) mass is 342 g/mol. The highest BCUT2D eigenvalue weighted by atomic mass is 35.5. The second kappa shape index (κ2) is 6.91. The molecule has 0 aliphatic carbocycles. The van der Waals surface area contributed by atoms with E-state index in [0.29, 0.717) is 5.56 Å². The third kappa shape index (κ3) is 3.47. The van der Waals surface area contributed by atoms with E-state index >= 15 is 0 Å². The Bertz CT molecular complexity index is 709. The largest absolute Gasteiger partial charge is 0.464 e. The molecule has 0 amide bonds. The zero-order valence-electron chi connectivity index (χ0n) is 11.7. The van der Waals surface area contributed by atoms with Crippen LogP contribution in [0.1, 0.15) is 6.92 Å². The molecule has 0 fully saturated rings. The maximum Gasteiger partial charge on any atom is 0.280 e. The number of nitrogens with zero attached hydrogens (tertiary/aromatic N) is 2. The highest BCUT2D eigenvalue weighted by Gasteiger charge is 2.23. The van der Waals surface area contributed by atoms with E-state index < -0.39 is 11.2 Å². The van der Waals surface area contributed by atoms with Crippen LogP contribution in [0.4, 0.5) is 5.69 Å². The fourth-order valence-electron chi connectivity index (χ4n) is 1.87. The third-order valence-corrected chi connectivity index (χ3v) is 3.42. The summed E-state index contributed by atoms with van der Waals surface area (Å²) in [5.41, 5.74) is 0.447.